The molecule has 2 bridgehead atoms. The maximum atomic E-state index is 15.0. The highest BCUT2D eigenvalue weighted by atomic mass is 35.5. The molecule has 3 rings (SSSR count). The second-order valence-corrected chi connectivity index (χ2v) is 31.1. The van der Waals surface area contributed by atoms with E-state index in [1.165, 1.54) is 26.8 Å². The van der Waals surface area contributed by atoms with E-state index in [1.54, 1.807) is 67.5 Å². The van der Waals surface area contributed by atoms with Crippen molar-refractivity contribution < 1.29 is 72.2 Å². The van der Waals surface area contributed by atoms with Crippen molar-refractivity contribution in [2.24, 2.45) is 35.5 Å². The summed E-state index contributed by atoms with van der Waals surface area (Å²) in [6, 6.07) is -9.84. The van der Waals surface area contributed by atoms with Gasteiger partial charge in [-0.15, -0.1) is 0 Å². The number of ketones is 1. The van der Waals surface area contributed by atoms with E-state index in [-0.39, 0.29) is 70.9 Å². The summed E-state index contributed by atoms with van der Waals surface area (Å²) in [5.41, 5.74) is 0.484. The molecule has 0 saturated carbocycles. The van der Waals surface area contributed by atoms with Crippen LogP contribution in [0.15, 0.2) is 18.2 Å². The van der Waals surface area contributed by atoms with Gasteiger partial charge in [0, 0.05) is 67.9 Å². The Kier molecular flexibility index (Phi) is 35.4. The van der Waals surface area contributed by atoms with Gasteiger partial charge in [-0.2, -0.15) is 35.3 Å². The topological polar surface area (TPSA) is 404 Å². The van der Waals surface area contributed by atoms with Crippen LogP contribution >= 0.6 is 58.5 Å². The largest absolute Gasteiger partial charge is 0.481 e. The van der Waals surface area contributed by atoms with E-state index >= 15 is 4.79 Å². The van der Waals surface area contributed by atoms with Gasteiger partial charge in [-0.1, -0.05) is 120 Å². The van der Waals surface area contributed by atoms with Gasteiger partial charge in [0.05, 0.1) is 12.6 Å². The standard InChI is InChI=1S/C64H100Cl2N12O15S3/c1-16-32(8)51-62(91)70-43(17-18-50(81)82)59(88)75-47-26-94-37(13)34(10)55(84)72-45(20-30(4)5)60(89)78-53(64(93)77-51)39(15)96-28-48(73-54(83)33(9)31(6)7)61(90)69-35(11)56(85)74-46(57(86)67-24-40-21-41(65)23-42(66)22-40)27-95-38(14)52(76-49(80)25-68-58(47)87)63(92)71-44(36(12)79)19-29(2)3/h21-23,29-35,37-39,43-48,51-53H,16-20,24-28H2,1-15H3,(H,67,86)(H,68,87)(H,69,90)(H,70,91)(H,71,92)(H,72,84)(H,73,83)(H,74,85)(H,75,88)(H,76,80)(H,77,93)(H,78,89)(H,81,82). The molecule has 2 aliphatic heterocycles. The van der Waals surface area contributed by atoms with Gasteiger partial charge < -0.3 is 68.9 Å². The first-order chi connectivity index (χ1) is 44.8. The summed E-state index contributed by atoms with van der Waals surface area (Å²) in [5.74, 6) is -15.6. The number of nitrogens with one attached hydrogen (secondary N) is 12. The van der Waals surface area contributed by atoms with Crippen molar-refractivity contribution in [3.8, 4) is 0 Å². The quantitative estimate of drug-likeness (QED) is 0.0939. The van der Waals surface area contributed by atoms with E-state index in [1.807, 2.05) is 27.7 Å². The van der Waals surface area contributed by atoms with E-state index in [0.29, 0.717) is 5.56 Å². The van der Waals surface area contributed by atoms with Crippen LogP contribution in [0.2, 0.25) is 10.0 Å². The average Bonchev–Trinajstić information content (AvgIpc) is 1.02. The van der Waals surface area contributed by atoms with Crippen molar-refractivity contribution >= 4 is 141 Å². The van der Waals surface area contributed by atoms with Gasteiger partial charge in [-0.3, -0.25) is 67.1 Å². The number of amides is 12. The Morgan fingerprint density at radius 2 is 1.23 bits per heavy atom. The molecule has 13 N–H and O–H groups in total. The molecular weight excluding hydrogens is 1340 g/mol. The van der Waals surface area contributed by atoms with E-state index in [4.69, 9.17) is 23.2 Å². The molecule has 0 radical (unpaired) electrons. The van der Waals surface area contributed by atoms with Crippen molar-refractivity contribution in [1.29, 1.82) is 0 Å². The summed E-state index contributed by atoms with van der Waals surface area (Å²) < 4.78 is 0. The van der Waals surface area contributed by atoms with Crippen LogP contribution in [0.25, 0.3) is 0 Å². The Hall–Kier alpha value is -6.37. The zero-order chi connectivity index (χ0) is 72.6. The van der Waals surface area contributed by atoms with Crippen LogP contribution in [0.1, 0.15) is 142 Å². The number of hydrogen-bond donors (Lipinski definition) is 13. The van der Waals surface area contributed by atoms with Gasteiger partial charge in [0.2, 0.25) is 70.9 Å². The minimum Gasteiger partial charge on any atom is -0.481 e. The van der Waals surface area contributed by atoms with E-state index in [9.17, 15) is 67.4 Å². The molecule has 2 aliphatic rings. The molecule has 12 amide bonds. The first kappa shape index (κ1) is 83.9. The molecule has 16 atom stereocenters. The van der Waals surface area contributed by atoms with Crippen molar-refractivity contribution in [2.45, 2.75) is 219 Å². The van der Waals surface area contributed by atoms with Crippen LogP contribution in [0.5, 0.6) is 0 Å². The number of carboxylic acids is 1. The highest BCUT2D eigenvalue weighted by Crippen LogP contribution is 2.25. The third-order valence-corrected chi connectivity index (χ3v) is 21.2. The lowest BCUT2D eigenvalue weighted by Crippen LogP contribution is -2.62. The molecule has 0 spiro atoms. The number of Topliss-reactive ketones (excluding diaryl/α,β-unsaturated/α-hetero) is 1. The van der Waals surface area contributed by atoms with Gasteiger partial charge in [-0.25, -0.2) is 0 Å². The second kappa shape index (κ2) is 40.5. The summed E-state index contributed by atoms with van der Waals surface area (Å²) in [4.78, 5) is 199. The van der Waals surface area contributed by atoms with Crippen molar-refractivity contribution in [2.75, 3.05) is 23.8 Å². The Bertz CT molecular complexity index is 2930. The van der Waals surface area contributed by atoms with Crippen molar-refractivity contribution in [3.63, 3.8) is 0 Å². The Labute approximate surface area is 585 Å². The van der Waals surface area contributed by atoms with Crippen LogP contribution in [-0.2, 0) is 73.7 Å². The molecule has 16 unspecified atom stereocenters. The summed E-state index contributed by atoms with van der Waals surface area (Å²) >= 11 is 15.5. The maximum Gasteiger partial charge on any atom is 0.303 e. The normalized spacial score (nSPS) is 27.4. The Morgan fingerprint density at radius 1 is 0.625 bits per heavy atom. The minimum atomic E-state index is -1.67. The summed E-state index contributed by atoms with van der Waals surface area (Å²) in [7, 11) is 0. The number of carbonyl (C=O) groups is 14. The predicted octanol–water partition coefficient (Wildman–Crippen LogP) is 2.51. The zero-order valence-electron chi connectivity index (χ0n) is 57.4. The third-order valence-electron chi connectivity index (χ3n) is 16.6. The summed E-state index contributed by atoms with van der Waals surface area (Å²) in [6.07, 6.45) is -0.670. The van der Waals surface area contributed by atoms with Gasteiger partial charge in [0.15, 0.2) is 5.78 Å². The molecule has 96 heavy (non-hydrogen) atoms. The predicted molar refractivity (Wildman–Crippen MR) is 371 cm³/mol. The molecule has 0 aliphatic carbocycles. The number of aliphatic carboxylic acids is 1. The summed E-state index contributed by atoms with van der Waals surface area (Å²) in [5, 5.41) is 39.8. The van der Waals surface area contributed by atoms with Gasteiger partial charge >= 0.3 is 5.97 Å². The van der Waals surface area contributed by atoms with Gasteiger partial charge in [0.25, 0.3) is 0 Å². The zero-order valence-corrected chi connectivity index (χ0v) is 61.4. The third kappa shape index (κ3) is 27.9. The molecule has 538 valence electrons. The fourth-order valence-electron chi connectivity index (χ4n) is 9.79. The number of rotatable bonds is 18. The van der Waals surface area contributed by atoms with Crippen molar-refractivity contribution in [1.82, 2.24) is 63.8 Å². The number of carboxylic acid groups (broad SMARTS) is 1. The van der Waals surface area contributed by atoms with Crippen LogP contribution in [0.4, 0.5) is 0 Å². The number of carbonyl (C=O) groups excluding carboxylic acids is 13. The fraction of sp³-hybridized carbons (Fsp3) is 0.688. The number of benzene rings is 1. The van der Waals surface area contributed by atoms with Gasteiger partial charge in [0.1, 0.15) is 54.4 Å². The molecule has 2 fully saturated rings. The molecular formula is C64H100Cl2N12O15S3. The lowest BCUT2D eigenvalue weighted by atomic mass is 9.96. The maximum absolute atomic E-state index is 15.0. The molecule has 2 saturated heterocycles. The van der Waals surface area contributed by atoms with Crippen LogP contribution in [-0.4, -0.2) is 188 Å². The molecule has 1 aromatic carbocycles. The first-order valence-corrected chi connectivity index (χ1v) is 36.3. The first-order valence-electron chi connectivity index (χ1n) is 32.4. The smallest absolute Gasteiger partial charge is 0.303 e. The average molecular weight is 1440 g/mol. The molecule has 27 nitrogen and oxygen atoms in total. The molecule has 2 heterocycles. The van der Waals surface area contributed by atoms with Gasteiger partial charge in [-0.05, 0) is 80.5 Å². The molecule has 32 heteroatoms. The highest BCUT2D eigenvalue weighted by Gasteiger charge is 2.40. The number of thioether (sulfide) groups is 3. The SMILES string of the molecule is CCC(C)C1NC(=O)C2NC(=O)C(CC(C)C)NC(=O)C(C)C(C)SCC(NC(=O)C(CCC(=O)O)NC1=O)C(=O)NCC(=O)NC(C(=O)NC(CC(C)C)C(C)=O)C(C)SCC(C(=O)NCc1cc(Cl)cc(Cl)c1)NC(=O)C(C)NC(=O)C(NC(=O)C(C)C(C)C)CSC2C. The summed E-state index contributed by atoms with van der Waals surface area (Å²) in [6.45, 7) is 23.8. The lowest BCUT2D eigenvalue weighted by molar-refractivity contribution is -0.139. The van der Waals surface area contributed by atoms with Crippen molar-refractivity contribution in [3.05, 3.63) is 33.8 Å². The Balaban J connectivity index is 2.43. The number of fused-ring (bicyclic) bond motifs is 9. The minimum absolute atomic E-state index is 0.0667. The van der Waals surface area contributed by atoms with E-state index < -0.39 is 196 Å². The van der Waals surface area contributed by atoms with E-state index in [2.05, 4.69) is 63.8 Å². The number of hydrogen-bond acceptors (Lipinski definition) is 17. The Morgan fingerprint density at radius 3 is 1.81 bits per heavy atom. The fourth-order valence-corrected chi connectivity index (χ4v) is 13.7. The second-order valence-electron chi connectivity index (χ2n) is 26.0. The molecule has 0 aromatic heterocycles. The highest BCUT2D eigenvalue weighted by molar-refractivity contribution is 8.00. The van der Waals surface area contributed by atoms with Crippen LogP contribution in [0, 0.1) is 35.5 Å². The monoisotopic (exact) mass is 1440 g/mol. The lowest BCUT2D eigenvalue weighted by Gasteiger charge is -2.32. The molecule has 1 aromatic rings. The number of halogens is 2. The van der Waals surface area contributed by atoms with E-state index in [0.717, 1.165) is 35.3 Å². The van der Waals surface area contributed by atoms with Crippen LogP contribution in [0.3, 0.4) is 0 Å². The van der Waals surface area contributed by atoms with Crippen LogP contribution < -0.4 is 63.8 Å².